The first kappa shape index (κ1) is 24.2. The summed E-state index contributed by atoms with van der Waals surface area (Å²) in [5.41, 5.74) is 2.26. The lowest BCUT2D eigenvalue weighted by atomic mass is 9.98. The molecule has 5 heteroatoms. The summed E-state index contributed by atoms with van der Waals surface area (Å²) in [6.07, 6.45) is 3.86. The summed E-state index contributed by atoms with van der Waals surface area (Å²) in [5.74, 6) is 0.118. The third-order valence-corrected chi connectivity index (χ3v) is 10.9. The van der Waals surface area contributed by atoms with Gasteiger partial charge in [0, 0.05) is 40.8 Å². The van der Waals surface area contributed by atoms with Gasteiger partial charge >= 0.3 is 0 Å². The average Bonchev–Trinajstić information content (AvgIpc) is 3.09. The van der Waals surface area contributed by atoms with Gasteiger partial charge in [-0.05, 0) is 74.6 Å². The average molecular weight is 517 g/mol. The molecule has 3 aromatic carbocycles. The Labute approximate surface area is 217 Å². The molecule has 1 aliphatic carbocycles. The van der Waals surface area contributed by atoms with Crippen molar-refractivity contribution in [1.82, 2.24) is 0 Å². The van der Waals surface area contributed by atoms with Crippen LogP contribution in [-0.4, -0.2) is 14.7 Å². The summed E-state index contributed by atoms with van der Waals surface area (Å²) >= 11 is 3.54. The molecule has 0 radical (unpaired) electrons. The third-order valence-electron chi connectivity index (χ3n) is 6.69. The Hall–Kier alpha value is -2.47. The largest absolute Gasteiger partial charge is 0.289 e. The van der Waals surface area contributed by atoms with E-state index in [1.165, 1.54) is 10.5 Å². The van der Waals surface area contributed by atoms with E-state index in [1.54, 1.807) is 11.3 Å². The molecule has 0 aliphatic heterocycles. The van der Waals surface area contributed by atoms with Gasteiger partial charge in [0.15, 0.2) is 5.43 Å². The number of fused-ring (bicyclic) bond motifs is 2. The van der Waals surface area contributed by atoms with Crippen LogP contribution in [0.25, 0.3) is 15.7 Å². The lowest BCUT2D eigenvalue weighted by Crippen LogP contribution is -2.22. The molecule has 5 rings (SSSR count). The van der Waals surface area contributed by atoms with Gasteiger partial charge in [-0.1, -0.05) is 54.6 Å². The first-order valence-electron chi connectivity index (χ1n) is 12.0. The fourth-order valence-corrected chi connectivity index (χ4v) is 8.55. The molecule has 0 saturated carbocycles. The van der Waals surface area contributed by atoms with E-state index in [0.29, 0.717) is 6.42 Å². The molecule has 4 aromatic rings. The Kier molecular flexibility index (Phi) is 7.37. The van der Waals surface area contributed by atoms with Crippen molar-refractivity contribution in [2.45, 2.75) is 47.0 Å². The zero-order valence-corrected chi connectivity index (χ0v) is 22.3. The van der Waals surface area contributed by atoms with Crippen molar-refractivity contribution in [3.63, 3.8) is 0 Å². The van der Waals surface area contributed by atoms with Crippen molar-refractivity contribution >= 4 is 49.6 Å². The molecule has 4 unspecified atom stereocenters. The number of hydrogen-bond donors (Lipinski definition) is 0. The van der Waals surface area contributed by atoms with Crippen molar-refractivity contribution in [2.24, 2.45) is 5.92 Å². The minimum absolute atomic E-state index is 0.0508. The Morgan fingerprint density at radius 2 is 1.57 bits per heavy atom. The van der Waals surface area contributed by atoms with Gasteiger partial charge in [-0.3, -0.25) is 9.00 Å². The van der Waals surface area contributed by atoms with E-state index < -0.39 is 10.8 Å². The van der Waals surface area contributed by atoms with E-state index in [2.05, 4.69) is 44.2 Å². The topological polar surface area (TPSA) is 34.1 Å². The van der Waals surface area contributed by atoms with Crippen LogP contribution in [0.5, 0.6) is 0 Å². The van der Waals surface area contributed by atoms with Crippen LogP contribution in [0.2, 0.25) is 0 Å². The number of thioether (sulfide) groups is 1. The molecule has 178 valence electrons. The molecule has 0 bridgehead atoms. The van der Waals surface area contributed by atoms with Crippen LogP contribution in [0.4, 0.5) is 0 Å². The van der Waals surface area contributed by atoms with Crippen molar-refractivity contribution in [3.8, 4) is 0 Å². The van der Waals surface area contributed by atoms with Crippen LogP contribution in [0, 0.1) is 5.92 Å². The fraction of sp³-hybridized carbons (Fsp3) is 0.233. The number of rotatable bonds is 6. The van der Waals surface area contributed by atoms with E-state index in [0.717, 1.165) is 31.8 Å². The lowest BCUT2D eigenvalue weighted by Gasteiger charge is -2.22. The van der Waals surface area contributed by atoms with Crippen molar-refractivity contribution in [1.29, 1.82) is 0 Å². The summed E-state index contributed by atoms with van der Waals surface area (Å²) in [6.45, 7) is 4.31. The molecular weight excluding hydrogens is 489 g/mol. The highest BCUT2D eigenvalue weighted by Crippen LogP contribution is 2.41. The Bertz CT molecular complexity index is 1440. The van der Waals surface area contributed by atoms with Crippen molar-refractivity contribution < 1.29 is 4.21 Å². The molecule has 4 atom stereocenters. The Morgan fingerprint density at radius 1 is 0.914 bits per heavy atom. The van der Waals surface area contributed by atoms with Gasteiger partial charge in [0.1, 0.15) is 0 Å². The molecule has 1 heterocycles. The zero-order chi connectivity index (χ0) is 24.4. The molecule has 0 spiro atoms. The molecule has 0 amide bonds. The number of benzene rings is 3. The van der Waals surface area contributed by atoms with Crippen LogP contribution in [0.1, 0.15) is 30.7 Å². The van der Waals surface area contributed by atoms with Crippen LogP contribution >= 0.6 is 23.1 Å². The molecule has 0 N–H and O–H groups in total. The second kappa shape index (κ2) is 10.7. The second-order valence-corrected chi connectivity index (χ2v) is 13.2. The molecule has 35 heavy (non-hydrogen) atoms. The summed E-state index contributed by atoms with van der Waals surface area (Å²) < 4.78 is 14.5. The minimum atomic E-state index is -1.12. The molecular formula is C30H28O2S3. The smallest absolute Gasteiger partial charge is 0.191 e. The molecule has 1 aliphatic rings. The van der Waals surface area contributed by atoms with Crippen LogP contribution in [-0.2, 0) is 17.2 Å². The monoisotopic (exact) mass is 516 g/mol. The fourth-order valence-electron chi connectivity index (χ4n) is 4.73. The number of hydrogen-bond acceptors (Lipinski definition) is 4. The van der Waals surface area contributed by atoms with Gasteiger partial charge in [-0.25, -0.2) is 0 Å². The highest BCUT2D eigenvalue weighted by Gasteiger charge is 2.30. The van der Waals surface area contributed by atoms with Gasteiger partial charge in [-0.2, -0.15) is 0 Å². The van der Waals surface area contributed by atoms with Gasteiger partial charge < -0.3 is 0 Å². The Morgan fingerprint density at radius 3 is 2.31 bits per heavy atom. The summed E-state index contributed by atoms with van der Waals surface area (Å²) in [6, 6.07) is 28.1. The predicted octanol–water partition coefficient (Wildman–Crippen LogP) is 7.58. The third kappa shape index (κ3) is 5.09. The minimum Gasteiger partial charge on any atom is -0.289 e. The van der Waals surface area contributed by atoms with Gasteiger partial charge in [0.2, 0.25) is 0 Å². The van der Waals surface area contributed by atoms with Crippen molar-refractivity contribution in [2.75, 3.05) is 0 Å². The van der Waals surface area contributed by atoms with E-state index in [1.807, 2.05) is 72.4 Å². The number of allylic oxidation sites excluding steroid dienone is 1. The maximum atomic E-state index is 13.6. The second-order valence-electron chi connectivity index (χ2n) is 8.95. The van der Waals surface area contributed by atoms with Gasteiger partial charge in [-0.15, -0.1) is 23.1 Å². The van der Waals surface area contributed by atoms with E-state index >= 15 is 0 Å². The lowest BCUT2D eigenvalue weighted by molar-refractivity contribution is 0.569. The van der Waals surface area contributed by atoms with Crippen LogP contribution in [0.15, 0.2) is 106 Å². The quantitative estimate of drug-likeness (QED) is 0.248. The first-order valence-corrected chi connectivity index (χ1v) is 14.9. The van der Waals surface area contributed by atoms with Crippen molar-refractivity contribution in [3.05, 3.63) is 112 Å². The molecule has 0 saturated heterocycles. The van der Waals surface area contributed by atoms with E-state index in [9.17, 15) is 9.00 Å². The standard InChI is InChI=1S/C30H28O2S3/c1-20(33-23-11-5-3-6-12-23)27-19-22(21(2)35(32)24-13-7-4-8-14-24)17-18-26-29(31)25-15-9-10-16-28(25)34-30(26)27/h3-16,19-22H,17-18H2,1-2H3. The van der Waals surface area contributed by atoms with Gasteiger partial charge in [0.05, 0.1) is 10.8 Å². The van der Waals surface area contributed by atoms with Crippen LogP contribution < -0.4 is 5.43 Å². The SMILES string of the molecule is CC(Sc1ccccc1)C1=CC(C(C)S(=O)c2ccccc2)CCc2c1sc1ccccc1c2=O. The molecule has 1 aromatic heterocycles. The maximum Gasteiger partial charge on any atom is 0.191 e. The molecule has 0 fully saturated rings. The maximum absolute atomic E-state index is 13.6. The zero-order valence-electron chi connectivity index (χ0n) is 19.8. The normalized spacial score (nSPS) is 18.2. The van der Waals surface area contributed by atoms with E-state index in [-0.39, 0.29) is 21.8 Å². The van der Waals surface area contributed by atoms with Gasteiger partial charge in [0.25, 0.3) is 0 Å². The summed E-state index contributed by atoms with van der Waals surface area (Å²) in [5, 5.41) is 0.911. The highest BCUT2D eigenvalue weighted by molar-refractivity contribution is 8.00. The van der Waals surface area contributed by atoms with Crippen LogP contribution in [0.3, 0.4) is 0 Å². The summed E-state index contributed by atoms with van der Waals surface area (Å²) in [4.78, 5) is 16.8. The Balaban J connectivity index is 1.59. The summed E-state index contributed by atoms with van der Waals surface area (Å²) in [7, 11) is -1.12. The highest BCUT2D eigenvalue weighted by atomic mass is 32.2. The molecule has 2 nitrogen and oxygen atoms in total. The first-order chi connectivity index (χ1) is 17.0. The predicted molar refractivity (Wildman–Crippen MR) is 152 cm³/mol. The van der Waals surface area contributed by atoms with E-state index in [4.69, 9.17) is 0 Å².